The lowest BCUT2D eigenvalue weighted by Crippen LogP contribution is -2.42. The standard InChI is InChI=1S/C23H33N5O/c1-16(2)28(14-18-12-13-22(29)24-18)15-21-26-20-11-7-6-10-19(20)23(27-21)25-17-8-4-3-5-9-17/h6-7,10-11,16-18H,3-5,8-9,12-15H2,1-2H3,(H,24,29)(H,25,26,27). The van der Waals surface area contributed by atoms with E-state index in [1.54, 1.807) is 0 Å². The number of rotatable bonds is 7. The second-order valence-electron chi connectivity index (χ2n) is 8.81. The monoisotopic (exact) mass is 395 g/mol. The third-order valence-electron chi connectivity index (χ3n) is 6.21. The van der Waals surface area contributed by atoms with Crippen LogP contribution in [0.15, 0.2) is 24.3 Å². The van der Waals surface area contributed by atoms with Gasteiger partial charge in [0.15, 0.2) is 0 Å². The first-order valence-corrected chi connectivity index (χ1v) is 11.1. The van der Waals surface area contributed by atoms with Crippen molar-refractivity contribution in [2.75, 3.05) is 11.9 Å². The molecule has 1 saturated carbocycles. The van der Waals surface area contributed by atoms with Crippen LogP contribution >= 0.6 is 0 Å². The highest BCUT2D eigenvalue weighted by Gasteiger charge is 2.25. The van der Waals surface area contributed by atoms with Gasteiger partial charge in [-0.3, -0.25) is 9.69 Å². The molecule has 0 bridgehead atoms. The molecular formula is C23H33N5O. The van der Waals surface area contributed by atoms with E-state index in [9.17, 15) is 4.79 Å². The van der Waals surface area contributed by atoms with Gasteiger partial charge in [-0.05, 0) is 45.2 Å². The van der Waals surface area contributed by atoms with Gasteiger partial charge in [0.2, 0.25) is 5.91 Å². The molecule has 0 spiro atoms. The van der Waals surface area contributed by atoms with Gasteiger partial charge in [-0.15, -0.1) is 0 Å². The molecule has 0 radical (unpaired) electrons. The van der Waals surface area contributed by atoms with Crippen molar-refractivity contribution < 1.29 is 4.79 Å². The smallest absolute Gasteiger partial charge is 0.220 e. The Morgan fingerprint density at radius 3 is 2.66 bits per heavy atom. The molecule has 1 aliphatic heterocycles. The number of fused-ring (bicyclic) bond motifs is 1. The maximum absolute atomic E-state index is 11.6. The van der Waals surface area contributed by atoms with Crippen LogP contribution < -0.4 is 10.6 Å². The van der Waals surface area contributed by atoms with Crippen LogP contribution in [0.5, 0.6) is 0 Å². The molecule has 1 amide bonds. The summed E-state index contributed by atoms with van der Waals surface area (Å²) in [5, 5.41) is 7.90. The van der Waals surface area contributed by atoms with E-state index in [1.807, 2.05) is 6.07 Å². The molecule has 29 heavy (non-hydrogen) atoms. The van der Waals surface area contributed by atoms with Crippen LogP contribution in [0.1, 0.15) is 64.6 Å². The van der Waals surface area contributed by atoms with E-state index in [-0.39, 0.29) is 11.9 Å². The van der Waals surface area contributed by atoms with Crippen LogP contribution in [0.2, 0.25) is 0 Å². The molecule has 1 atom stereocenters. The molecule has 2 N–H and O–H groups in total. The quantitative estimate of drug-likeness (QED) is 0.745. The summed E-state index contributed by atoms with van der Waals surface area (Å²) < 4.78 is 0. The second kappa shape index (κ2) is 9.08. The van der Waals surface area contributed by atoms with Gasteiger partial charge in [0.05, 0.1) is 12.1 Å². The number of para-hydroxylation sites is 1. The van der Waals surface area contributed by atoms with Crippen molar-refractivity contribution >= 4 is 22.6 Å². The highest BCUT2D eigenvalue weighted by atomic mass is 16.1. The summed E-state index contributed by atoms with van der Waals surface area (Å²) in [6, 6.07) is 9.37. The van der Waals surface area contributed by atoms with Crippen molar-refractivity contribution in [3.8, 4) is 0 Å². The molecule has 2 aliphatic rings. The lowest BCUT2D eigenvalue weighted by atomic mass is 9.95. The molecule has 1 aliphatic carbocycles. The fraction of sp³-hybridized carbons (Fsp3) is 0.609. The Balaban J connectivity index is 1.56. The molecule has 2 heterocycles. The van der Waals surface area contributed by atoms with Crippen LogP contribution in [-0.2, 0) is 11.3 Å². The minimum atomic E-state index is 0.166. The first-order chi connectivity index (χ1) is 14.1. The zero-order valence-corrected chi connectivity index (χ0v) is 17.7. The minimum absolute atomic E-state index is 0.166. The van der Waals surface area contributed by atoms with Gasteiger partial charge in [-0.1, -0.05) is 31.4 Å². The number of nitrogens with zero attached hydrogens (tertiary/aromatic N) is 3. The van der Waals surface area contributed by atoms with E-state index in [2.05, 4.69) is 47.6 Å². The average molecular weight is 396 g/mol. The van der Waals surface area contributed by atoms with Crippen LogP contribution in [0.3, 0.4) is 0 Å². The van der Waals surface area contributed by atoms with Crippen LogP contribution in [0.4, 0.5) is 5.82 Å². The van der Waals surface area contributed by atoms with Gasteiger partial charge >= 0.3 is 0 Å². The van der Waals surface area contributed by atoms with Gasteiger partial charge in [-0.25, -0.2) is 9.97 Å². The van der Waals surface area contributed by atoms with Crippen LogP contribution in [-0.4, -0.2) is 45.4 Å². The summed E-state index contributed by atoms with van der Waals surface area (Å²) in [5.74, 6) is 1.98. The fourth-order valence-electron chi connectivity index (χ4n) is 4.48. The molecule has 1 unspecified atom stereocenters. The molecule has 2 fully saturated rings. The molecule has 1 aromatic heterocycles. The average Bonchev–Trinajstić information content (AvgIpc) is 3.13. The topological polar surface area (TPSA) is 70.2 Å². The molecular weight excluding hydrogens is 362 g/mol. The summed E-state index contributed by atoms with van der Waals surface area (Å²) >= 11 is 0. The van der Waals surface area contributed by atoms with Crippen LogP contribution in [0.25, 0.3) is 10.9 Å². The number of hydrogen-bond donors (Lipinski definition) is 2. The Hall–Kier alpha value is -2.21. The predicted molar refractivity (Wildman–Crippen MR) is 117 cm³/mol. The number of carbonyl (C=O) groups excluding carboxylic acids is 1. The maximum atomic E-state index is 11.6. The van der Waals surface area contributed by atoms with E-state index >= 15 is 0 Å². The fourth-order valence-corrected chi connectivity index (χ4v) is 4.48. The number of hydrogen-bond acceptors (Lipinski definition) is 5. The third-order valence-corrected chi connectivity index (χ3v) is 6.21. The molecule has 1 saturated heterocycles. The molecule has 156 valence electrons. The normalized spacial score (nSPS) is 20.6. The Labute approximate surface area is 173 Å². The van der Waals surface area contributed by atoms with Crippen LogP contribution in [0, 0.1) is 0 Å². The van der Waals surface area contributed by atoms with E-state index in [0.717, 1.165) is 35.5 Å². The third kappa shape index (κ3) is 5.04. The lowest BCUT2D eigenvalue weighted by Gasteiger charge is -2.29. The van der Waals surface area contributed by atoms with Crippen molar-refractivity contribution in [3.63, 3.8) is 0 Å². The number of carbonyl (C=O) groups is 1. The zero-order chi connectivity index (χ0) is 20.2. The highest BCUT2D eigenvalue weighted by Crippen LogP contribution is 2.26. The summed E-state index contributed by atoms with van der Waals surface area (Å²) in [7, 11) is 0. The largest absolute Gasteiger partial charge is 0.367 e. The van der Waals surface area contributed by atoms with E-state index in [1.165, 1.54) is 32.1 Å². The molecule has 2 aromatic rings. The Bertz CT molecular complexity index is 846. The van der Waals surface area contributed by atoms with E-state index in [0.29, 0.717) is 25.0 Å². The minimum Gasteiger partial charge on any atom is -0.367 e. The van der Waals surface area contributed by atoms with Crippen molar-refractivity contribution in [3.05, 3.63) is 30.1 Å². The van der Waals surface area contributed by atoms with E-state index in [4.69, 9.17) is 9.97 Å². The number of nitrogens with one attached hydrogen (secondary N) is 2. The summed E-state index contributed by atoms with van der Waals surface area (Å²) in [6.07, 6.45) is 7.91. The van der Waals surface area contributed by atoms with Crippen molar-refractivity contribution in [2.24, 2.45) is 0 Å². The number of amides is 1. The molecule has 4 rings (SSSR count). The van der Waals surface area contributed by atoms with Crippen molar-refractivity contribution in [2.45, 2.75) is 83.5 Å². The maximum Gasteiger partial charge on any atom is 0.220 e. The Morgan fingerprint density at radius 1 is 1.14 bits per heavy atom. The SMILES string of the molecule is CC(C)N(Cc1nc(NC2CCCCC2)c2ccccc2n1)CC1CCC(=O)N1. The van der Waals surface area contributed by atoms with Gasteiger partial charge in [-0.2, -0.15) is 0 Å². The first kappa shape index (κ1) is 20.1. The zero-order valence-electron chi connectivity index (χ0n) is 17.7. The van der Waals surface area contributed by atoms with Crippen molar-refractivity contribution in [1.82, 2.24) is 20.2 Å². The number of benzene rings is 1. The van der Waals surface area contributed by atoms with E-state index < -0.39 is 0 Å². The van der Waals surface area contributed by atoms with Crippen molar-refractivity contribution in [1.29, 1.82) is 0 Å². The molecule has 1 aromatic carbocycles. The lowest BCUT2D eigenvalue weighted by molar-refractivity contribution is -0.119. The van der Waals surface area contributed by atoms with Gasteiger partial charge in [0.1, 0.15) is 11.6 Å². The summed E-state index contributed by atoms with van der Waals surface area (Å²) in [5.41, 5.74) is 0.994. The Kier molecular flexibility index (Phi) is 6.28. The summed E-state index contributed by atoms with van der Waals surface area (Å²) in [6.45, 7) is 5.91. The number of aromatic nitrogens is 2. The molecule has 6 heteroatoms. The first-order valence-electron chi connectivity index (χ1n) is 11.1. The Morgan fingerprint density at radius 2 is 1.93 bits per heavy atom. The summed E-state index contributed by atoms with van der Waals surface area (Å²) in [4.78, 5) is 23.8. The predicted octanol–water partition coefficient (Wildman–Crippen LogP) is 3.86. The number of anilines is 1. The van der Waals surface area contributed by atoms with Gasteiger partial charge in [0, 0.05) is 36.5 Å². The van der Waals surface area contributed by atoms with Gasteiger partial charge < -0.3 is 10.6 Å². The second-order valence-corrected chi connectivity index (χ2v) is 8.81. The van der Waals surface area contributed by atoms with Gasteiger partial charge in [0.25, 0.3) is 0 Å². The highest BCUT2D eigenvalue weighted by molar-refractivity contribution is 5.89. The molecule has 6 nitrogen and oxygen atoms in total.